The molecule has 1 heterocycles. The summed E-state index contributed by atoms with van der Waals surface area (Å²) in [6, 6.07) is 8.68. The molecule has 1 aromatic rings. The van der Waals surface area contributed by atoms with Crippen molar-refractivity contribution >= 4 is 11.8 Å². The summed E-state index contributed by atoms with van der Waals surface area (Å²) in [6.45, 7) is 2.28. The Morgan fingerprint density at radius 2 is 2.20 bits per heavy atom. The molecule has 1 aliphatic heterocycles. The van der Waals surface area contributed by atoms with Crippen molar-refractivity contribution in [2.75, 3.05) is 0 Å². The summed E-state index contributed by atoms with van der Waals surface area (Å²) >= 11 is 1.99. The van der Waals surface area contributed by atoms with Gasteiger partial charge >= 0.3 is 0 Å². The third kappa shape index (κ3) is 0.948. The van der Waals surface area contributed by atoms with Gasteiger partial charge in [-0.25, -0.2) is 0 Å². The molecule has 1 aliphatic rings. The van der Waals surface area contributed by atoms with Gasteiger partial charge in [-0.1, -0.05) is 25.1 Å². The van der Waals surface area contributed by atoms with Gasteiger partial charge in [-0.2, -0.15) is 0 Å². The van der Waals surface area contributed by atoms with Crippen molar-refractivity contribution in [3.05, 3.63) is 29.8 Å². The first-order valence-corrected chi connectivity index (χ1v) is 4.49. The van der Waals surface area contributed by atoms with E-state index in [2.05, 4.69) is 31.2 Å². The first-order valence-electron chi connectivity index (χ1n) is 3.61. The predicted molar refractivity (Wildman–Crippen MR) is 45.5 cm³/mol. The van der Waals surface area contributed by atoms with Crippen LogP contribution in [0.15, 0.2) is 29.2 Å². The van der Waals surface area contributed by atoms with Crippen molar-refractivity contribution in [3.63, 3.8) is 0 Å². The quantitative estimate of drug-likeness (QED) is 0.548. The van der Waals surface area contributed by atoms with Crippen LogP contribution in [0.4, 0.5) is 0 Å². The van der Waals surface area contributed by atoms with Crippen LogP contribution in [0, 0.1) is 0 Å². The number of hydrogen-bond acceptors (Lipinski definition) is 1. The third-order valence-electron chi connectivity index (χ3n) is 1.81. The van der Waals surface area contributed by atoms with E-state index in [-0.39, 0.29) is 0 Å². The molecule has 1 heteroatoms. The van der Waals surface area contributed by atoms with Gasteiger partial charge in [-0.05, 0) is 18.1 Å². The van der Waals surface area contributed by atoms with Gasteiger partial charge in [0.2, 0.25) is 0 Å². The molecule has 0 aliphatic carbocycles. The lowest BCUT2D eigenvalue weighted by atomic mass is 10.1. The zero-order chi connectivity index (χ0) is 6.97. The summed E-state index contributed by atoms with van der Waals surface area (Å²) in [6.07, 6.45) is 1.25. The lowest BCUT2D eigenvalue weighted by Crippen LogP contribution is -1.90. The van der Waals surface area contributed by atoms with E-state index in [0.717, 1.165) is 5.25 Å². The Hall–Kier alpha value is -0.430. The lowest BCUT2D eigenvalue weighted by Gasteiger charge is -1.93. The van der Waals surface area contributed by atoms with E-state index in [1.165, 1.54) is 16.9 Å². The van der Waals surface area contributed by atoms with Crippen molar-refractivity contribution in [1.82, 2.24) is 0 Å². The molecule has 0 spiro atoms. The molecule has 0 bridgehead atoms. The SMILES string of the molecule is C[C@@H]1Cc2ccccc2S1. The molecule has 0 amide bonds. The summed E-state index contributed by atoms with van der Waals surface area (Å²) in [4.78, 5) is 1.48. The summed E-state index contributed by atoms with van der Waals surface area (Å²) < 4.78 is 0. The van der Waals surface area contributed by atoms with Crippen molar-refractivity contribution < 1.29 is 0 Å². The fraction of sp³-hybridized carbons (Fsp3) is 0.333. The summed E-state index contributed by atoms with van der Waals surface area (Å²) in [5.41, 5.74) is 1.53. The van der Waals surface area contributed by atoms with Crippen LogP contribution in [-0.4, -0.2) is 5.25 Å². The van der Waals surface area contributed by atoms with Crippen LogP contribution in [0.1, 0.15) is 12.5 Å². The second-order valence-electron chi connectivity index (χ2n) is 2.74. The molecule has 2 rings (SSSR count). The molecule has 52 valence electrons. The molecule has 0 saturated carbocycles. The Kier molecular flexibility index (Phi) is 1.46. The average molecular weight is 150 g/mol. The maximum absolute atomic E-state index is 2.28. The van der Waals surface area contributed by atoms with Gasteiger partial charge < -0.3 is 0 Å². The Bertz CT molecular complexity index is 217. The number of benzene rings is 1. The highest BCUT2D eigenvalue weighted by molar-refractivity contribution is 8.00. The van der Waals surface area contributed by atoms with Gasteiger partial charge in [-0.15, -0.1) is 11.8 Å². The maximum atomic E-state index is 2.28. The average Bonchev–Trinajstić information content (AvgIpc) is 2.27. The van der Waals surface area contributed by atoms with E-state index in [9.17, 15) is 0 Å². The molecule has 0 unspecified atom stereocenters. The van der Waals surface area contributed by atoms with Gasteiger partial charge in [0.25, 0.3) is 0 Å². The van der Waals surface area contributed by atoms with Crippen molar-refractivity contribution in [1.29, 1.82) is 0 Å². The van der Waals surface area contributed by atoms with Gasteiger partial charge in [0.05, 0.1) is 0 Å². The minimum atomic E-state index is 0.789. The van der Waals surface area contributed by atoms with Crippen LogP contribution in [0.3, 0.4) is 0 Å². The molecular weight excluding hydrogens is 140 g/mol. The number of thioether (sulfide) groups is 1. The minimum absolute atomic E-state index is 0.789. The smallest absolute Gasteiger partial charge is 0.0107 e. The molecule has 0 fully saturated rings. The number of rotatable bonds is 0. The Morgan fingerprint density at radius 1 is 1.40 bits per heavy atom. The second-order valence-corrected chi connectivity index (χ2v) is 4.22. The fourth-order valence-corrected chi connectivity index (χ4v) is 2.51. The van der Waals surface area contributed by atoms with E-state index in [1.54, 1.807) is 0 Å². The fourth-order valence-electron chi connectivity index (χ4n) is 1.36. The summed E-state index contributed by atoms with van der Waals surface area (Å²) in [7, 11) is 0. The van der Waals surface area contributed by atoms with Crippen LogP contribution in [0.25, 0.3) is 0 Å². The second kappa shape index (κ2) is 2.31. The topological polar surface area (TPSA) is 0 Å². The molecule has 10 heavy (non-hydrogen) atoms. The van der Waals surface area contributed by atoms with Crippen LogP contribution >= 0.6 is 11.8 Å². The summed E-state index contributed by atoms with van der Waals surface area (Å²) in [5.74, 6) is 0. The Morgan fingerprint density at radius 3 is 3.00 bits per heavy atom. The largest absolute Gasteiger partial charge is 0.122 e. The minimum Gasteiger partial charge on any atom is -0.122 e. The molecule has 0 nitrogen and oxygen atoms in total. The van der Waals surface area contributed by atoms with Crippen molar-refractivity contribution in [2.45, 2.75) is 23.5 Å². The molecular formula is C9H10S. The Labute approximate surface area is 65.6 Å². The lowest BCUT2D eigenvalue weighted by molar-refractivity contribution is 0.960. The molecule has 0 saturated heterocycles. The van der Waals surface area contributed by atoms with Gasteiger partial charge in [-0.3, -0.25) is 0 Å². The predicted octanol–water partition coefficient (Wildman–Crippen LogP) is 2.72. The van der Waals surface area contributed by atoms with E-state index in [1.807, 2.05) is 11.8 Å². The normalized spacial score (nSPS) is 22.7. The molecule has 1 aromatic carbocycles. The van der Waals surface area contributed by atoms with Crippen LogP contribution in [0.2, 0.25) is 0 Å². The summed E-state index contributed by atoms with van der Waals surface area (Å²) in [5, 5.41) is 0.789. The van der Waals surface area contributed by atoms with E-state index in [0.29, 0.717) is 0 Å². The van der Waals surface area contributed by atoms with Crippen molar-refractivity contribution in [3.8, 4) is 0 Å². The zero-order valence-corrected chi connectivity index (χ0v) is 6.82. The van der Waals surface area contributed by atoms with Gasteiger partial charge in [0.15, 0.2) is 0 Å². The van der Waals surface area contributed by atoms with E-state index >= 15 is 0 Å². The highest BCUT2D eigenvalue weighted by atomic mass is 32.2. The van der Waals surface area contributed by atoms with Gasteiger partial charge in [0.1, 0.15) is 0 Å². The van der Waals surface area contributed by atoms with Gasteiger partial charge in [0, 0.05) is 10.1 Å². The van der Waals surface area contributed by atoms with E-state index < -0.39 is 0 Å². The molecule has 0 radical (unpaired) electrons. The zero-order valence-electron chi connectivity index (χ0n) is 6.00. The first kappa shape index (κ1) is 6.29. The monoisotopic (exact) mass is 150 g/mol. The molecule has 0 N–H and O–H groups in total. The highest BCUT2D eigenvalue weighted by Crippen LogP contribution is 2.35. The maximum Gasteiger partial charge on any atom is 0.0107 e. The molecule has 1 atom stereocenters. The number of fused-ring (bicyclic) bond motifs is 1. The van der Waals surface area contributed by atoms with Crippen LogP contribution in [0.5, 0.6) is 0 Å². The van der Waals surface area contributed by atoms with Crippen molar-refractivity contribution in [2.24, 2.45) is 0 Å². The third-order valence-corrected chi connectivity index (χ3v) is 3.03. The van der Waals surface area contributed by atoms with Crippen LogP contribution in [-0.2, 0) is 6.42 Å². The first-order chi connectivity index (χ1) is 4.86. The van der Waals surface area contributed by atoms with E-state index in [4.69, 9.17) is 0 Å². The Balaban J connectivity index is 2.42. The highest BCUT2D eigenvalue weighted by Gasteiger charge is 2.16. The molecule has 0 aromatic heterocycles. The van der Waals surface area contributed by atoms with Crippen LogP contribution < -0.4 is 0 Å². The standard InChI is InChI=1S/C9H10S/c1-7-6-8-4-2-3-5-9(8)10-7/h2-5,7H,6H2,1H3/t7-/m1/s1. The number of hydrogen-bond donors (Lipinski definition) is 0.